The zero-order valence-electron chi connectivity index (χ0n) is 12.1. The minimum atomic E-state index is -0.447. The highest BCUT2D eigenvalue weighted by Gasteiger charge is 2.13. The number of hydrogen-bond donors (Lipinski definition) is 1. The molecule has 0 atom stereocenters. The van der Waals surface area contributed by atoms with Crippen LogP contribution in [0, 0.1) is 0 Å². The van der Waals surface area contributed by atoms with Gasteiger partial charge in [-0.2, -0.15) is 4.98 Å². The second-order valence-corrected chi connectivity index (χ2v) is 4.94. The molecule has 0 aliphatic carbocycles. The van der Waals surface area contributed by atoms with Gasteiger partial charge in [-0.25, -0.2) is 4.79 Å². The van der Waals surface area contributed by atoms with Crippen molar-refractivity contribution in [2.45, 2.75) is 32.6 Å². The van der Waals surface area contributed by atoms with Crippen molar-refractivity contribution in [2.24, 2.45) is 0 Å². The van der Waals surface area contributed by atoms with Crippen LogP contribution >= 0.6 is 0 Å². The molecule has 0 bridgehead atoms. The summed E-state index contributed by atoms with van der Waals surface area (Å²) in [6.45, 7) is 6.17. The number of oxazole rings is 1. The number of ether oxygens (including phenoxy) is 1. The number of rotatable bonds is 6. The summed E-state index contributed by atoms with van der Waals surface area (Å²) in [5, 5.41) is 3.10. The fourth-order valence-electron chi connectivity index (χ4n) is 2.33. The Morgan fingerprint density at radius 3 is 2.85 bits per heavy atom. The van der Waals surface area contributed by atoms with Gasteiger partial charge in [-0.3, -0.25) is 0 Å². The third-order valence-corrected chi connectivity index (χ3v) is 3.39. The predicted molar refractivity (Wildman–Crippen MR) is 75.9 cm³/mol. The Hall–Kier alpha value is -1.56. The van der Waals surface area contributed by atoms with Gasteiger partial charge in [0.25, 0.3) is 6.01 Å². The summed E-state index contributed by atoms with van der Waals surface area (Å²) in [5.41, 5.74) is 0.212. The van der Waals surface area contributed by atoms with E-state index in [1.165, 1.54) is 45.0 Å². The molecule has 2 heterocycles. The lowest BCUT2D eigenvalue weighted by atomic mass is 10.2. The van der Waals surface area contributed by atoms with Gasteiger partial charge >= 0.3 is 5.97 Å². The van der Waals surface area contributed by atoms with Gasteiger partial charge in [0.1, 0.15) is 6.26 Å². The molecular formula is C14H23N3O3. The highest BCUT2D eigenvalue weighted by Crippen LogP contribution is 2.10. The summed E-state index contributed by atoms with van der Waals surface area (Å²) in [6.07, 6.45) is 6.57. The molecule has 1 aromatic heterocycles. The zero-order chi connectivity index (χ0) is 14.2. The molecule has 0 spiro atoms. The molecule has 0 radical (unpaired) electrons. The first-order valence-corrected chi connectivity index (χ1v) is 7.38. The van der Waals surface area contributed by atoms with Crippen LogP contribution in [0.1, 0.15) is 43.1 Å². The Bertz CT molecular complexity index is 412. The Labute approximate surface area is 119 Å². The number of likely N-dealkylation sites (tertiary alicyclic amines) is 1. The average molecular weight is 281 g/mol. The van der Waals surface area contributed by atoms with E-state index < -0.39 is 5.97 Å². The Kier molecular flexibility index (Phi) is 5.86. The van der Waals surface area contributed by atoms with Crippen molar-refractivity contribution in [2.75, 3.05) is 38.1 Å². The van der Waals surface area contributed by atoms with E-state index in [0.717, 1.165) is 13.1 Å². The average Bonchev–Trinajstić information content (AvgIpc) is 2.76. The number of hydrogen-bond acceptors (Lipinski definition) is 6. The van der Waals surface area contributed by atoms with Crippen LogP contribution in [0.5, 0.6) is 0 Å². The van der Waals surface area contributed by atoms with Crippen molar-refractivity contribution in [3.8, 4) is 0 Å². The van der Waals surface area contributed by atoms with E-state index in [1.54, 1.807) is 6.92 Å². The minimum absolute atomic E-state index is 0.212. The lowest BCUT2D eigenvalue weighted by molar-refractivity contribution is 0.0519. The van der Waals surface area contributed by atoms with Gasteiger partial charge in [0.15, 0.2) is 5.69 Å². The van der Waals surface area contributed by atoms with Gasteiger partial charge in [0.05, 0.1) is 6.61 Å². The maximum Gasteiger partial charge on any atom is 0.360 e. The number of aromatic nitrogens is 1. The van der Waals surface area contributed by atoms with E-state index in [-0.39, 0.29) is 5.69 Å². The molecule has 1 aliphatic heterocycles. The number of carbonyl (C=O) groups is 1. The second kappa shape index (κ2) is 7.89. The van der Waals surface area contributed by atoms with Crippen molar-refractivity contribution in [1.82, 2.24) is 9.88 Å². The third-order valence-electron chi connectivity index (χ3n) is 3.39. The number of carbonyl (C=O) groups excluding carboxylic acids is 1. The van der Waals surface area contributed by atoms with Crippen molar-refractivity contribution >= 4 is 12.0 Å². The minimum Gasteiger partial charge on any atom is -0.461 e. The molecule has 0 aromatic carbocycles. The van der Waals surface area contributed by atoms with Crippen molar-refractivity contribution in [3.63, 3.8) is 0 Å². The first-order valence-electron chi connectivity index (χ1n) is 7.38. The summed E-state index contributed by atoms with van der Waals surface area (Å²) in [7, 11) is 0. The first kappa shape index (κ1) is 14.8. The van der Waals surface area contributed by atoms with Gasteiger partial charge < -0.3 is 19.4 Å². The maximum atomic E-state index is 11.4. The van der Waals surface area contributed by atoms with Crippen LogP contribution in [0.3, 0.4) is 0 Å². The highest BCUT2D eigenvalue weighted by atomic mass is 16.5. The van der Waals surface area contributed by atoms with Crippen LogP contribution in [0.2, 0.25) is 0 Å². The normalized spacial score (nSPS) is 16.6. The molecule has 0 unspecified atom stereocenters. The number of nitrogens with zero attached hydrogens (tertiary/aromatic N) is 2. The zero-order valence-corrected chi connectivity index (χ0v) is 12.1. The summed E-state index contributed by atoms with van der Waals surface area (Å²) < 4.78 is 10.1. The van der Waals surface area contributed by atoms with Crippen LogP contribution in [-0.4, -0.2) is 48.6 Å². The van der Waals surface area contributed by atoms with Crippen LogP contribution in [0.4, 0.5) is 6.01 Å². The number of nitrogens with one attached hydrogen (secondary N) is 1. The Balaban J connectivity index is 1.72. The van der Waals surface area contributed by atoms with Crippen molar-refractivity contribution in [3.05, 3.63) is 12.0 Å². The molecule has 0 amide bonds. The fraction of sp³-hybridized carbons (Fsp3) is 0.714. The largest absolute Gasteiger partial charge is 0.461 e. The standard InChI is InChI=1S/C14H23N3O3/c1-2-19-13(18)12-11-20-14(16-12)15-7-10-17-8-5-3-4-6-9-17/h11H,2-10H2,1H3,(H,15,16). The highest BCUT2D eigenvalue weighted by molar-refractivity contribution is 5.87. The van der Waals surface area contributed by atoms with E-state index in [2.05, 4.69) is 15.2 Å². The topological polar surface area (TPSA) is 67.6 Å². The quantitative estimate of drug-likeness (QED) is 0.806. The van der Waals surface area contributed by atoms with Gasteiger partial charge in [-0.05, 0) is 32.9 Å². The number of anilines is 1. The number of esters is 1. The third kappa shape index (κ3) is 4.52. The maximum absolute atomic E-state index is 11.4. The van der Waals surface area contributed by atoms with Crippen LogP contribution < -0.4 is 5.32 Å². The fourth-order valence-corrected chi connectivity index (χ4v) is 2.33. The summed E-state index contributed by atoms with van der Waals surface area (Å²) in [5.74, 6) is -0.447. The van der Waals surface area contributed by atoms with E-state index >= 15 is 0 Å². The Morgan fingerprint density at radius 2 is 2.15 bits per heavy atom. The lowest BCUT2D eigenvalue weighted by Crippen LogP contribution is -2.30. The predicted octanol–water partition coefficient (Wildman–Crippen LogP) is 2.14. The SMILES string of the molecule is CCOC(=O)c1coc(NCCN2CCCCCC2)n1. The van der Waals surface area contributed by atoms with Crippen LogP contribution in [0.25, 0.3) is 0 Å². The second-order valence-electron chi connectivity index (χ2n) is 4.94. The Morgan fingerprint density at radius 1 is 1.40 bits per heavy atom. The molecule has 1 saturated heterocycles. The van der Waals surface area contributed by atoms with E-state index in [0.29, 0.717) is 12.6 Å². The van der Waals surface area contributed by atoms with Gasteiger partial charge in [-0.1, -0.05) is 12.8 Å². The molecule has 1 N–H and O–H groups in total. The van der Waals surface area contributed by atoms with Gasteiger partial charge in [0.2, 0.25) is 0 Å². The van der Waals surface area contributed by atoms with Gasteiger partial charge in [0, 0.05) is 13.1 Å². The van der Waals surface area contributed by atoms with E-state index in [4.69, 9.17) is 9.15 Å². The molecule has 2 rings (SSSR count). The monoisotopic (exact) mass is 281 g/mol. The summed E-state index contributed by atoms with van der Waals surface area (Å²) >= 11 is 0. The van der Waals surface area contributed by atoms with E-state index in [9.17, 15) is 4.79 Å². The summed E-state index contributed by atoms with van der Waals surface area (Å²) in [6, 6.07) is 0.378. The van der Waals surface area contributed by atoms with Crippen LogP contribution in [0.15, 0.2) is 10.7 Å². The summed E-state index contributed by atoms with van der Waals surface area (Å²) in [4.78, 5) is 17.9. The molecule has 1 aromatic rings. The van der Waals surface area contributed by atoms with Crippen molar-refractivity contribution in [1.29, 1.82) is 0 Å². The molecule has 0 saturated carbocycles. The van der Waals surface area contributed by atoms with Crippen molar-refractivity contribution < 1.29 is 13.9 Å². The first-order chi connectivity index (χ1) is 9.79. The molecular weight excluding hydrogens is 258 g/mol. The smallest absolute Gasteiger partial charge is 0.360 e. The molecule has 112 valence electrons. The van der Waals surface area contributed by atoms with Crippen LogP contribution in [-0.2, 0) is 4.74 Å². The molecule has 20 heavy (non-hydrogen) atoms. The lowest BCUT2D eigenvalue weighted by Gasteiger charge is -2.19. The molecule has 1 fully saturated rings. The van der Waals surface area contributed by atoms with Gasteiger partial charge in [-0.15, -0.1) is 0 Å². The van der Waals surface area contributed by atoms with E-state index in [1.807, 2.05) is 0 Å². The molecule has 6 nitrogen and oxygen atoms in total. The molecule has 6 heteroatoms. The molecule has 1 aliphatic rings.